The van der Waals surface area contributed by atoms with Gasteiger partial charge in [-0.15, -0.1) is 0 Å². The third-order valence-electron chi connectivity index (χ3n) is 3.81. The van der Waals surface area contributed by atoms with Crippen LogP contribution in [0.5, 0.6) is 0 Å². The zero-order valence-electron chi connectivity index (χ0n) is 15.5. The summed E-state index contributed by atoms with van der Waals surface area (Å²) in [5.41, 5.74) is 2.88. The molecule has 0 fully saturated rings. The third-order valence-corrected chi connectivity index (χ3v) is 3.81. The van der Waals surface area contributed by atoms with Gasteiger partial charge in [-0.2, -0.15) is 0 Å². The Bertz CT molecular complexity index is 756. The molecular formula is C21H26N2O2. The molecule has 0 saturated carbocycles. The second-order valence-corrected chi connectivity index (χ2v) is 7.46. The summed E-state index contributed by atoms with van der Waals surface area (Å²) < 4.78 is 0. The van der Waals surface area contributed by atoms with Gasteiger partial charge in [0, 0.05) is 22.9 Å². The van der Waals surface area contributed by atoms with Gasteiger partial charge in [0.05, 0.1) is 0 Å². The number of benzene rings is 2. The number of para-hydroxylation sites is 1. The van der Waals surface area contributed by atoms with Gasteiger partial charge >= 0.3 is 0 Å². The highest BCUT2D eigenvalue weighted by Gasteiger charge is 2.19. The summed E-state index contributed by atoms with van der Waals surface area (Å²) >= 11 is 0. The number of amides is 2. The van der Waals surface area contributed by atoms with E-state index in [9.17, 15) is 9.59 Å². The van der Waals surface area contributed by atoms with Crippen LogP contribution in [-0.4, -0.2) is 17.9 Å². The predicted octanol–water partition coefficient (Wildman–Crippen LogP) is 4.37. The van der Waals surface area contributed by atoms with Crippen LogP contribution in [0, 0.1) is 0 Å². The van der Waals surface area contributed by atoms with Crippen molar-refractivity contribution in [2.45, 2.75) is 46.1 Å². The first kappa shape index (κ1) is 18.7. The van der Waals surface area contributed by atoms with Gasteiger partial charge in [0.15, 0.2) is 0 Å². The average Bonchev–Trinajstić information content (AvgIpc) is 2.54. The topological polar surface area (TPSA) is 58.2 Å². The molecule has 0 atom stereocenters. The molecular weight excluding hydrogens is 312 g/mol. The molecule has 0 aliphatic carbocycles. The zero-order valence-corrected chi connectivity index (χ0v) is 15.5. The fourth-order valence-corrected chi connectivity index (χ4v) is 2.56. The highest BCUT2D eigenvalue weighted by molar-refractivity contribution is 6.05. The molecule has 0 aliphatic heterocycles. The monoisotopic (exact) mass is 338 g/mol. The second-order valence-electron chi connectivity index (χ2n) is 7.46. The molecule has 2 aromatic carbocycles. The van der Waals surface area contributed by atoms with Crippen molar-refractivity contribution in [1.29, 1.82) is 0 Å². The maximum Gasteiger partial charge on any atom is 0.255 e. The molecule has 0 heterocycles. The van der Waals surface area contributed by atoms with Crippen LogP contribution in [0.2, 0.25) is 0 Å². The molecule has 0 saturated heterocycles. The van der Waals surface area contributed by atoms with E-state index >= 15 is 0 Å². The number of carbonyl (C=O) groups is 2. The molecule has 0 aliphatic rings. The molecule has 0 spiro atoms. The van der Waals surface area contributed by atoms with Crippen molar-refractivity contribution in [3.63, 3.8) is 0 Å². The van der Waals surface area contributed by atoms with Crippen LogP contribution in [0.3, 0.4) is 0 Å². The maximum absolute atomic E-state index is 12.5. The number of anilines is 1. The van der Waals surface area contributed by atoms with E-state index in [1.807, 2.05) is 38.1 Å². The minimum absolute atomic E-state index is 0.0668. The van der Waals surface area contributed by atoms with Crippen LogP contribution < -0.4 is 10.6 Å². The maximum atomic E-state index is 12.5. The third kappa shape index (κ3) is 4.92. The summed E-state index contributed by atoms with van der Waals surface area (Å²) in [7, 11) is 0. The lowest BCUT2D eigenvalue weighted by Crippen LogP contribution is -2.30. The molecule has 4 nitrogen and oxygen atoms in total. The molecule has 4 heteroatoms. The summed E-state index contributed by atoms with van der Waals surface area (Å²) in [5, 5.41) is 5.81. The lowest BCUT2D eigenvalue weighted by molar-refractivity contribution is 0.0941. The van der Waals surface area contributed by atoms with E-state index in [4.69, 9.17) is 0 Å². The highest BCUT2D eigenvalue weighted by atomic mass is 16.2. The highest BCUT2D eigenvalue weighted by Crippen LogP contribution is 2.29. The molecule has 2 aromatic rings. The lowest BCUT2D eigenvalue weighted by Gasteiger charge is -2.23. The van der Waals surface area contributed by atoms with E-state index in [2.05, 4.69) is 31.4 Å². The first-order valence-corrected chi connectivity index (χ1v) is 8.50. The van der Waals surface area contributed by atoms with Gasteiger partial charge in [-0.05, 0) is 55.2 Å². The van der Waals surface area contributed by atoms with Gasteiger partial charge in [0.1, 0.15) is 0 Å². The molecule has 25 heavy (non-hydrogen) atoms. The number of hydrogen-bond donors (Lipinski definition) is 2. The molecule has 2 rings (SSSR count). The van der Waals surface area contributed by atoms with Crippen molar-refractivity contribution in [1.82, 2.24) is 5.32 Å². The summed E-state index contributed by atoms with van der Waals surface area (Å²) in [6, 6.07) is 14.6. The minimum Gasteiger partial charge on any atom is -0.350 e. The van der Waals surface area contributed by atoms with E-state index in [0.717, 1.165) is 11.3 Å². The molecule has 0 unspecified atom stereocenters. The van der Waals surface area contributed by atoms with E-state index in [0.29, 0.717) is 11.1 Å². The Kier molecular flexibility index (Phi) is 5.62. The van der Waals surface area contributed by atoms with Crippen molar-refractivity contribution in [3.8, 4) is 0 Å². The summed E-state index contributed by atoms with van der Waals surface area (Å²) in [6.45, 7) is 10.2. The Labute approximate surface area is 149 Å². The summed E-state index contributed by atoms with van der Waals surface area (Å²) in [5.74, 6) is -0.326. The summed E-state index contributed by atoms with van der Waals surface area (Å²) in [4.78, 5) is 24.5. The van der Waals surface area contributed by atoms with E-state index in [-0.39, 0.29) is 23.3 Å². The fraction of sp³-hybridized carbons (Fsp3) is 0.333. The van der Waals surface area contributed by atoms with Crippen LogP contribution in [0.1, 0.15) is 60.9 Å². The molecule has 0 bridgehead atoms. The number of hydrogen-bond acceptors (Lipinski definition) is 2. The number of rotatable bonds is 4. The first-order valence-electron chi connectivity index (χ1n) is 8.50. The quantitative estimate of drug-likeness (QED) is 0.869. The van der Waals surface area contributed by atoms with Gasteiger partial charge in [0.25, 0.3) is 11.8 Å². The second kappa shape index (κ2) is 7.51. The fourth-order valence-electron chi connectivity index (χ4n) is 2.56. The van der Waals surface area contributed by atoms with E-state index in [1.54, 1.807) is 24.3 Å². The van der Waals surface area contributed by atoms with Crippen LogP contribution in [-0.2, 0) is 5.41 Å². The molecule has 2 amide bonds. The van der Waals surface area contributed by atoms with Crippen LogP contribution in [0.4, 0.5) is 5.69 Å². The molecule has 0 aromatic heterocycles. The smallest absolute Gasteiger partial charge is 0.255 e. The standard InChI is InChI=1S/C21H26N2O2/c1-14(2)22-19(24)15-10-12-16(13-11-15)20(25)23-18-9-7-6-8-17(18)21(3,4)5/h6-14H,1-5H3,(H,22,24)(H,23,25). The largest absolute Gasteiger partial charge is 0.350 e. The van der Waals surface area contributed by atoms with Gasteiger partial charge < -0.3 is 10.6 Å². The number of nitrogens with one attached hydrogen (secondary N) is 2. The molecule has 0 radical (unpaired) electrons. The van der Waals surface area contributed by atoms with E-state index in [1.165, 1.54) is 0 Å². The van der Waals surface area contributed by atoms with Crippen molar-refractivity contribution in [3.05, 3.63) is 65.2 Å². The van der Waals surface area contributed by atoms with Crippen LogP contribution >= 0.6 is 0 Å². The zero-order chi connectivity index (χ0) is 18.6. The minimum atomic E-state index is -0.187. The van der Waals surface area contributed by atoms with Gasteiger partial charge in [-0.1, -0.05) is 39.0 Å². The average molecular weight is 338 g/mol. The van der Waals surface area contributed by atoms with E-state index < -0.39 is 0 Å². The van der Waals surface area contributed by atoms with Gasteiger partial charge in [-0.3, -0.25) is 9.59 Å². The van der Waals surface area contributed by atoms with Gasteiger partial charge in [-0.25, -0.2) is 0 Å². The van der Waals surface area contributed by atoms with Crippen molar-refractivity contribution in [2.75, 3.05) is 5.32 Å². The number of carbonyl (C=O) groups excluding carboxylic acids is 2. The van der Waals surface area contributed by atoms with Crippen LogP contribution in [0.25, 0.3) is 0 Å². The Morgan fingerprint density at radius 3 is 1.88 bits per heavy atom. The SMILES string of the molecule is CC(C)NC(=O)c1ccc(C(=O)Nc2ccccc2C(C)(C)C)cc1. The Balaban J connectivity index is 2.16. The molecule has 132 valence electrons. The summed E-state index contributed by atoms with van der Waals surface area (Å²) in [6.07, 6.45) is 0. The Morgan fingerprint density at radius 1 is 0.840 bits per heavy atom. The van der Waals surface area contributed by atoms with Crippen LogP contribution in [0.15, 0.2) is 48.5 Å². The van der Waals surface area contributed by atoms with Gasteiger partial charge in [0.2, 0.25) is 0 Å². The normalized spacial score (nSPS) is 11.3. The molecule has 2 N–H and O–H groups in total. The lowest BCUT2D eigenvalue weighted by atomic mass is 9.86. The van der Waals surface area contributed by atoms with Crippen molar-refractivity contribution in [2.24, 2.45) is 0 Å². The predicted molar refractivity (Wildman–Crippen MR) is 102 cm³/mol. The first-order chi connectivity index (χ1) is 11.7. The Morgan fingerprint density at radius 2 is 1.36 bits per heavy atom. The van der Waals surface area contributed by atoms with Crippen molar-refractivity contribution < 1.29 is 9.59 Å². The van der Waals surface area contributed by atoms with Crippen molar-refractivity contribution >= 4 is 17.5 Å². The Hall–Kier alpha value is -2.62.